The molecule has 1 N–H and O–H groups in total. The summed E-state index contributed by atoms with van der Waals surface area (Å²) in [5.74, 6) is -0.617. The van der Waals surface area contributed by atoms with Gasteiger partial charge in [0.25, 0.3) is 10.0 Å². The molecule has 0 aliphatic heterocycles. The van der Waals surface area contributed by atoms with Crippen LogP contribution in [0.2, 0.25) is 0 Å². The molecular formula is C13H10N2O4S2. The summed E-state index contributed by atoms with van der Waals surface area (Å²) in [6.45, 7) is 0. The van der Waals surface area contributed by atoms with Crippen molar-refractivity contribution in [2.75, 3.05) is 11.8 Å². The molecule has 1 aromatic carbocycles. The first-order chi connectivity index (χ1) is 9.97. The van der Waals surface area contributed by atoms with Crippen molar-refractivity contribution >= 4 is 33.0 Å². The largest absolute Gasteiger partial charge is 0.465 e. The summed E-state index contributed by atoms with van der Waals surface area (Å²) < 4.78 is 31.4. The third kappa shape index (κ3) is 3.21. The van der Waals surface area contributed by atoms with E-state index in [9.17, 15) is 13.2 Å². The van der Waals surface area contributed by atoms with E-state index in [0.717, 1.165) is 0 Å². The summed E-state index contributed by atoms with van der Waals surface area (Å²) in [7, 11) is -2.61. The number of anilines is 1. The number of thiophene rings is 1. The molecule has 0 radical (unpaired) electrons. The van der Waals surface area contributed by atoms with Gasteiger partial charge in [-0.2, -0.15) is 5.26 Å². The first-order valence-electron chi connectivity index (χ1n) is 5.65. The van der Waals surface area contributed by atoms with E-state index in [4.69, 9.17) is 5.26 Å². The molecule has 0 atom stereocenters. The number of sulfonamides is 1. The Kier molecular flexibility index (Phi) is 4.26. The zero-order valence-electron chi connectivity index (χ0n) is 10.9. The lowest BCUT2D eigenvalue weighted by molar-refractivity contribution is 0.0602. The quantitative estimate of drug-likeness (QED) is 0.871. The number of esters is 1. The Morgan fingerprint density at radius 1 is 1.29 bits per heavy atom. The molecule has 0 aliphatic rings. The molecule has 0 aliphatic carbocycles. The van der Waals surface area contributed by atoms with Crippen LogP contribution in [-0.2, 0) is 14.8 Å². The highest BCUT2D eigenvalue weighted by atomic mass is 32.2. The van der Waals surface area contributed by atoms with Crippen molar-refractivity contribution in [3.8, 4) is 6.07 Å². The van der Waals surface area contributed by atoms with Gasteiger partial charge in [0.2, 0.25) is 0 Å². The molecule has 0 fully saturated rings. The molecule has 0 amide bonds. The maximum absolute atomic E-state index is 12.2. The lowest BCUT2D eigenvalue weighted by Crippen LogP contribution is -2.15. The van der Waals surface area contributed by atoms with E-state index in [1.54, 1.807) is 0 Å². The number of nitriles is 1. The topological polar surface area (TPSA) is 96.3 Å². The van der Waals surface area contributed by atoms with E-state index in [0.29, 0.717) is 5.56 Å². The molecule has 1 aromatic heterocycles. The molecule has 0 unspecified atom stereocenters. The number of benzene rings is 1. The Morgan fingerprint density at radius 2 is 1.95 bits per heavy atom. The fraction of sp³-hybridized carbons (Fsp3) is 0.0769. The minimum Gasteiger partial charge on any atom is -0.465 e. The zero-order valence-corrected chi connectivity index (χ0v) is 12.5. The molecule has 1 heterocycles. The first-order valence-corrected chi connectivity index (χ1v) is 8.08. The third-order valence-corrected chi connectivity index (χ3v) is 4.73. The van der Waals surface area contributed by atoms with Crippen LogP contribution in [-0.4, -0.2) is 21.5 Å². The van der Waals surface area contributed by atoms with Crippen molar-refractivity contribution in [2.24, 2.45) is 0 Å². The molecule has 0 bridgehead atoms. The number of hydrogen-bond donors (Lipinski definition) is 1. The van der Waals surface area contributed by atoms with Crippen LogP contribution in [0.4, 0.5) is 5.69 Å². The minimum absolute atomic E-state index is 0.00326. The van der Waals surface area contributed by atoms with E-state index < -0.39 is 16.0 Å². The van der Waals surface area contributed by atoms with Crippen LogP contribution in [0.25, 0.3) is 0 Å². The van der Waals surface area contributed by atoms with Gasteiger partial charge in [-0.15, -0.1) is 11.3 Å². The van der Waals surface area contributed by atoms with E-state index in [1.807, 2.05) is 6.07 Å². The van der Waals surface area contributed by atoms with Crippen molar-refractivity contribution in [3.63, 3.8) is 0 Å². The zero-order chi connectivity index (χ0) is 15.5. The summed E-state index contributed by atoms with van der Waals surface area (Å²) in [6, 6.07) is 7.37. The van der Waals surface area contributed by atoms with Gasteiger partial charge in [0, 0.05) is 10.8 Å². The van der Waals surface area contributed by atoms with Gasteiger partial charge >= 0.3 is 5.97 Å². The minimum atomic E-state index is -3.83. The standard InChI is InChI=1S/C13H10N2O4S2/c1-19-13(16)11-7-20-8-12(11)15-21(17,18)10-4-2-9(6-14)3-5-10/h2-5,7-8,15H,1H3. The highest BCUT2D eigenvalue weighted by Gasteiger charge is 2.19. The Hall–Kier alpha value is -2.37. The van der Waals surface area contributed by atoms with Crippen LogP contribution in [0.3, 0.4) is 0 Å². The van der Waals surface area contributed by atoms with E-state index in [-0.39, 0.29) is 16.1 Å². The van der Waals surface area contributed by atoms with E-state index in [2.05, 4.69) is 9.46 Å². The number of rotatable bonds is 4. The van der Waals surface area contributed by atoms with Crippen LogP contribution in [0.1, 0.15) is 15.9 Å². The molecule has 8 heteroatoms. The molecule has 0 saturated carbocycles. The lowest BCUT2D eigenvalue weighted by Gasteiger charge is -2.08. The van der Waals surface area contributed by atoms with Crippen LogP contribution in [0.5, 0.6) is 0 Å². The number of nitrogens with zero attached hydrogens (tertiary/aromatic N) is 1. The second-order valence-corrected chi connectivity index (χ2v) is 6.36. The molecule has 2 rings (SSSR count). The average molecular weight is 322 g/mol. The Balaban J connectivity index is 2.31. The SMILES string of the molecule is COC(=O)c1cscc1NS(=O)(=O)c1ccc(C#N)cc1. The second-order valence-electron chi connectivity index (χ2n) is 3.93. The predicted molar refractivity (Wildman–Crippen MR) is 77.6 cm³/mol. The summed E-state index contributed by atoms with van der Waals surface area (Å²) in [6.07, 6.45) is 0. The summed E-state index contributed by atoms with van der Waals surface area (Å²) >= 11 is 1.18. The van der Waals surface area contributed by atoms with Gasteiger partial charge in [0.05, 0.1) is 34.9 Å². The third-order valence-electron chi connectivity index (χ3n) is 2.61. The molecule has 0 spiro atoms. The van der Waals surface area contributed by atoms with Gasteiger partial charge in [-0.3, -0.25) is 4.72 Å². The highest BCUT2D eigenvalue weighted by Crippen LogP contribution is 2.25. The van der Waals surface area contributed by atoms with Crippen molar-refractivity contribution in [1.82, 2.24) is 0 Å². The van der Waals surface area contributed by atoms with Crippen LogP contribution < -0.4 is 4.72 Å². The first kappa shape index (κ1) is 15.0. The molecular weight excluding hydrogens is 312 g/mol. The van der Waals surface area contributed by atoms with Crippen molar-refractivity contribution in [1.29, 1.82) is 5.26 Å². The van der Waals surface area contributed by atoms with E-state index in [1.165, 1.54) is 53.5 Å². The van der Waals surface area contributed by atoms with Gasteiger partial charge in [-0.25, -0.2) is 13.2 Å². The Bertz CT molecular complexity index is 801. The monoisotopic (exact) mass is 322 g/mol. The number of carbonyl (C=O) groups excluding carboxylic acids is 1. The smallest absolute Gasteiger partial charge is 0.340 e. The number of carbonyl (C=O) groups is 1. The van der Waals surface area contributed by atoms with Crippen molar-refractivity contribution in [3.05, 3.63) is 46.2 Å². The summed E-state index contributed by atoms with van der Waals surface area (Å²) in [4.78, 5) is 11.5. The maximum Gasteiger partial charge on any atom is 0.340 e. The average Bonchev–Trinajstić information content (AvgIpc) is 2.94. The highest BCUT2D eigenvalue weighted by molar-refractivity contribution is 7.92. The molecule has 108 valence electrons. The van der Waals surface area contributed by atoms with Crippen LogP contribution in [0, 0.1) is 11.3 Å². The van der Waals surface area contributed by atoms with Crippen molar-refractivity contribution in [2.45, 2.75) is 4.90 Å². The number of ether oxygens (including phenoxy) is 1. The number of nitrogens with one attached hydrogen (secondary N) is 1. The van der Waals surface area contributed by atoms with Gasteiger partial charge < -0.3 is 4.74 Å². The fourth-order valence-corrected chi connectivity index (χ4v) is 3.45. The fourth-order valence-electron chi connectivity index (χ4n) is 1.56. The predicted octanol–water partition coefficient (Wildman–Crippen LogP) is 2.21. The number of hydrogen-bond acceptors (Lipinski definition) is 6. The maximum atomic E-state index is 12.2. The Morgan fingerprint density at radius 3 is 2.52 bits per heavy atom. The summed E-state index contributed by atoms with van der Waals surface area (Å²) in [5.41, 5.74) is 0.677. The van der Waals surface area contributed by atoms with Crippen molar-refractivity contribution < 1.29 is 17.9 Å². The number of methoxy groups -OCH3 is 1. The lowest BCUT2D eigenvalue weighted by atomic mass is 10.2. The summed E-state index contributed by atoms with van der Waals surface area (Å²) in [5, 5.41) is 11.7. The van der Waals surface area contributed by atoms with Crippen LogP contribution in [0.15, 0.2) is 39.9 Å². The molecule has 6 nitrogen and oxygen atoms in total. The van der Waals surface area contributed by atoms with Crippen LogP contribution >= 0.6 is 11.3 Å². The Labute approximate surface area is 125 Å². The van der Waals surface area contributed by atoms with Gasteiger partial charge in [-0.05, 0) is 24.3 Å². The normalized spacial score (nSPS) is 10.7. The van der Waals surface area contributed by atoms with Gasteiger partial charge in [-0.1, -0.05) is 0 Å². The molecule has 2 aromatic rings. The molecule has 0 saturated heterocycles. The van der Waals surface area contributed by atoms with Gasteiger partial charge in [0.15, 0.2) is 0 Å². The van der Waals surface area contributed by atoms with E-state index >= 15 is 0 Å². The second kappa shape index (κ2) is 5.95. The molecule has 21 heavy (non-hydrogen) atoms. The van der Waals surface area contributed by atoms with Gasteiger partial charge in [0.1, 0.15) is 0 Å².